The molecule has 0 spiro atoms. The Bertz CT molecular complexity index is 516. The third-order valence-electron chi connectivity index (χ3n) is 2.13. The molecule has 1 heterocycles. The number of anilines is 1. The van der Waals surface area contributed by atoms with Crippen LogP contribution in [-0.2, 0) is 0 Å². The average Bonchev–Trinajstić information content (AvgIpc) is 2.34. The molecule has 2 aromatic rings. The van der Waals surface area contributed by atoms with E-state index in [1.807, 2.05) is 31.3 Å². The van der Waals surface area contributed by atoms with Gasteiger partial charge in [0.25, 0.3) is 0 Å². The molecule has 0 saturated heterocycles. The highest BCUT2D eigenvalue weighted by atomic mass is 79.9. The molecule has 0 unspecified atom stereocenters. The molecule has 0 amide bonds. The van der Waals surface area contributed by atoms with Gasteiger partial charge in [-0.2, -0.15) is 0 Å². The summed E-state index contributed by atoms with van der Waals surface area (Å²) in [5.41, 5.74) is 1.02. The van der Waals surface area contributed by atoms with Gasteiger partial charge in [0, 0.05) is 23.4 Å². The van der Waals surface area contributed by atoms with Crippen LogP contribution in [0.4, 0.5) is 5.69 Å². The van der Waals surface area contributed by atoms with E-state index in [0.717, 1.165) is 10.2 Å². The molecule has 1 aromatic carbocycles. The van der Waals surface area contributed by atoms with Crippen molar-refractivity contribution in [3.63, 3.8) is 0 Å². The van der Waals surface area contributed by atoms with Gasteiger partial charge in [0.15, 0.2) is 0 Å². The number of pyridine rings is 1. The smallest absolute Gasteiger partial charge is 0.238 e. The Labute approximate surface area is 113 Å². The third-order valence-corrected chi connectivity index (χ3v) is 2.84. The molecule has 0 aliphatic heterocycles. The molecule has 2 rings (SSSR count). The van der Waals surface area contributed by atoms with Crippen LogP contribution in [0.5, 0.6) is 11.6 Å². The minimum absolute atomic E-state index is 0.395. The fourth-order valence-corrected chi connectivity index (χ4v) is 1.95. The molecule has 0 radical (unpaired) electrons. The minimum Gasteiger partial charge on any atom is -0.438 e. The largest absolute Gasteiger partial charge is 0.438 e. The van der Waals surface area contributed by atoms with Crippen molar-refractivity contribution in [3.8, 4) is 11.6 Å². The average molecular weight is 314 g/mol. The standard InChI is InChI=1S/C12H10BrClN2O/c1-15-9-2-4-10(5-3-9)17-12-11(14)6-8(13)7-16-12/h2-7,15H,1H3. The number of nitrogens with zero attached hydrogens (tertiary/aromatic N) is 1. The van der Waals surface area contributed by atoms with Gasteiger partial charge in [0.2, 0.25) is 5.88 Å². The second kappa shape index (κ2) is 5.38. The summed E-state index contributed by atoms with van der Waals surface area (Å²) in [6.45, 7) is 0. The maximum Gasteiger partial charge on any atom is 0.238 e. The summed E-state index contributed by atoms with van der Waals surface area (Å²) >= 11 is 9.30. The van der Waals surface area contributed by atoms with Gasteiger partial charge in [-0.1, -0.05) is 11.6 Å². The van der Waals surface area contributed by atoms with Crippen molar-refractivity contribution < 1.29 is 4.74 Å². The van der Waals surface area contributed by atoms with Gasteiger partial charge in [-0.3, -0.25) is 0 Å². The molecule has 3 nitrogen and oxygen atoms in total. The lowest BCUT2D eigenvalue weighted by Gasteiger charge is -2.07. The number of nitrogens with one attached hydrogen (secondary N) is 1. The van der Waals surface area contributed by atoms with Crippen LogP contribution in [0.3, 0.4) is 0 Å². The number of hydrogen-bond donors (Lipinski definition) is 1. The number of hydrogen-bond acceptors (Lipinski definition) is 3. The van der Waals surface area contributed by atoms with Gasteiger partial charge in [-0.25, -0.2) is 4.98 Å². The first-order valence-electron chi connectivity index (χ1n) is 4.96. The number of aromatic nitrogens is 1. The second-order valence-corrected chi connectivity index (χ2v) is 4.64. The van der Waals surface area contributed by atoms with Crippen LogP contribution in [0.25, 0.3) is 0 Å². The van der Waals surface area contributed by atoms with Crippen LogP contribution >= 0.6 is 27.5 Å². The van der Waals surface area contributed by atoms with Crippen molar-refractivity contribution in [3.05, 3.63) is 46.0 Å². The first-order valence-corrected chi connectivity index (χ1v) is 6.13. The van der Waals surface area contributed by atoms with Crippen LogP contribution in [0.15, 0.2) is 41.0 Å². The van der Waals surface area contributed by atoms with Crippen LogP contribution < -0.4 is 10.1 Å². The third kappa shape index (κ3) is 3.11. The normalized spacial score (nSPS) is 10.1. The van der Waals surface area contributed by atoms with Crippen molar-refractivity contribution in [1.82, 2.24) is 4.98 Å². The first-order chi connectivity index (χ1) is 8.19. The Morgan fingerprint density at radius 3 is 2.59 bits per heavy atom. The number of halogens is 2. The fraction of sp³-hybridized carbons (Fsp3) is 0.0833. The highest BCUT2D eigenvalue weighted by Crippen LogP contribution is 2.29. The lowest BCUT2D eigenvalue weighted by atomic mass is 10.3. The van der Waals surface area contributed by atoms with E-state index in [-0.39, 0.29) is 0 Å². The Balaban J connectivity index is 2.19. The molecule has 0 atom stereocenters. The van der Waals surface area contributed by atoms with Crippen molar-refractivity contribution in [2.45, 2.75) is 0 Å². The maximum atomic E-state index is 6.01. The van der Waals surface area contributed by atoms with Crippen LogP contribution in [0.2, 0.25) is 5.02 Å². The molecule has 88 valence electrons. The zero-order valence-corrected chi connectivity index (χ0v) is 11.4. The Morgan fingerprint density at radius 2 is 2.00 bits per heavy atom. The predicted molar refractivity (Wildman–Crippen MR) is 73.0 cm³/mol. The van der Waals surface area contributed by atoms with E-state index in [0.29, 0.717) is 16.7 Å². The van der Waals surface area contributed by atoms with Gasteiger partial charge in [-0.15, -0.1) is 0 Å². The van der Waals surface area contributed by atoms with Gasteiger partial charge >= 0.3 is 0 Å². The summed E-state index contributed by atoms with van der Waals surface area (Å²) in [6, 6.07) is 9.29. The Morgan fingerprint density at radius 1 is 1.29 bits per heavy atom. The zero-order chi connectivity index (χ0) is 12.3. The van der Waals surface area contributed by atoms with E-state index < -0.39 is 0 Å². The molecule has 5 heteroatoms. The van der Waals surface area contributed by atoms with E-state index in [1.54, 1.807) is 12.3 Å². The predicted octanol–water partition coefficient (Wildman–Crippen LogP) is 4.33. The second-order valence-electron chi connectivity index (χ2n) is 3.32. The molecule has 1 aromatic heterocycles. The lowest BCUT2D eigenvalue weighted by Crippen LogP contribution is -1.90. The highest BCUT2D eigenvalue weighted by Gasteiger charge is 2.05. The van der Waals surface area contributed by atoms with Crippen molar-refractivity contribution in [1.29, 1.82) is 0 Å². The Hall–Kier alpha value is -1.26. The molecule has 0 saturated carbocycles. The van der Waals surface area contributed by atoms with Gasteiger partial charge in [-0.05, 0) is 46.3 Å². The van der Waals surface area contributed by atoms with Gasteiger partial charge in [0.05, 0.1) is 0 Å². The van der Waals surface area contributed by atoms with E-state index in [4.69, 9.17) is 16.3 Å². The van der Waals surface area contributed by atoms with E-state index in [2.05, 4.69) is 26.2 Å². The first kappa shape index (κ1) is 12.2. The van der Waals surface area contributed by atoms with Crippen molar-refractivity contribution in [2.75, 3.05) is 12.4 Å². The van der Waals surface area contributed by atoms with Gasteiger partial charge in [0.1, 0.15) is 10.8 Å². The highest BCUT2D eigenvalue weighted by molar-refractivity contribution is 9.10. The van der Waals surface area contributed by atoms with E-state index in [1.165, 1.54) is 0 Å². The monoisotopic (exact) mass is 312 g/mol. The molecule has 17 heavy (non-hydrogen) atoms. The summed E-state index contributed by atoms with van der Waals surface area (Å²) in [4.78, 5) is 4.10. The van der Waals surface area contributed by atoms with Gasteiger partial charge < -0.3 is 10.1 Å². The van der Waals surface area contributed by atoms with Crippen LogP contribution in [-0.4, -0.2) is 12.0 Å². The minimum atomic E-state index is 0.395. The molecular weight excluding hydrogens is 304 g/mol. The van der Waals surface area contributed by atoms with E-state index in [9.17, 15) is 0 Å². The fourth-order valence-electron chi connectivity index (χ4n) is 1.28. The Kier molecular flexibility index (Phi) is 3.86. The topological polar surface area (TPSA) is 34.1 Å². The van der Waals surface area contributed by atoms with Crippen molar-refractivity contribution >= 4 is 33.2 Å². The summed E-state index contributed by atoms with van der Waals surface area (Å²) in [5, 5.41) is 3.50. The summed E-state index contributed by atoms with van der Waals surface area (Å²) < 4.78 is 6.39. The molecule has 0 bridgehead atoms. The molecule has 0 aliphatic rings. The van der Waals surface area contributed by atoms with Crippen LogP contribution in [0.1, 0.15) is 0 Å². The molecule has 0 aliphatic carbocycles. The SMILES string of the molecule is CNc1ccc(Oc2ncc(Br)cc2Cl)cc1. The molecule has 0 fully saturated rings. The van der Waals surface area contributed by atoms with E-state index >= 15 is 0 Å². The van der Waals surface area contributed by atoms with Crippen LogP contribution in [0, 0.1) is 0 Å². The summed E-state index contributed by atoms with van der Waals surface area (Å²) in [5.74, 6) is 1.09. The summed E-state index contributed by atoms with van der Waals surface area (Å²) in [6.07, 6.45) is 1.64. The van der Waals surface area contributed by atoms with Crippen molar-refractivity contribution in [2.24, 2.45) is 0 Å². The number of benzene rings is 1. The zero-order valence-electron chi connectivity index (χ0n) is 9.08. The maximum absolute atomic E-state index is 6.01. The molecular formula is C12H10BrClN2O. The lowest BCUT2D eigenvalue weighted by molar-refractivity contribution is 0.463. The number of rotatable bonds is 3. The summed E-state index contributed by atoms with van der Waals surface area (Å²) in [7, 11) is 1.86. The quantitative estimate of drug-likeness (QED) is 0.915. The number of ether oxygens (including phenoxy) is 1. The molecule has 1 N–H and O–H groups in total.